The molecule has 5 aliphatic rings. The number of hydrogen-bond acceptors (Lipinski definition) is 6. The van der Waals surface area contributed by atoms with Crippen molar-refractivity contribution in [2.24, 2.45) is 45.3 Å². The van der Waals surface area contributed by atoms with Crippen LogP contribution in [-0.4, -0.2) is 63.8 Å². The van der Waals surface area contributed by atoms with E-state index < -0.39 is 30.2 Å². The number of allylic oxidation sites excluding steroid dienone is 1. The first-order chi connectivity index (χ1) is 17.0. The summed E-state index contributed by atoms with van der Waals surface area (Å²) in [7, 11) is 1.67. The normalized spacial score (nSPS) is 52.2. The van der Waals surface area contributed by atoms with Crippen molar-refractivity contribution in [2.45, 2.75) is 130 Å². The van der Waals surface area contributed by atoms with Crippen LogP contribution in [0.3, 0.4) is 0 Å². The maximum atomic E-state index is 11.9. The van der Waals surface area contributed by atoms with Crippen molar-refractivity contribution in [3.63, 3.8) is 0 Å². The third-order valence-corrected chi connectivity index (χ3v) is 12.7. The summed E-state index contributed by atoms with van der Waals surface area (Å²) in [4.78, 5) is 0. The molecule has 0 aromatic rings. The molecular formula is C31H52O6. The fourth-order valence-corrected chi connectivity index (χ4v) is 10.6. The molecule has 0 radical (unpaired) electrons. The van der Waals surface area contributed by atoms with E-state index in [0.29, 0.717) is 24.2 Å². The second-order valence-electron chi connectivity index (χ2n) is 15.2. The molecule has 1 saturated heterocycles. The summed E-state index contributed by atoms with van der Waals surface area (Å²) >= 11 is 0. The monoisotopic (exact) mass is 520 g/mol. The third kappa shape index (κ3) is 3.79. The highest BCUT2D eigenvalue weighted by atomic mass is 16.7. The van der Waals surface area contributed by atoms with Crippen LogP contribution in [-0.2, 0) is 9.47 Å². The third-order valence-electron chi connectivity index (χ3n) is 12.7. The van der Waals surface area contributed by atoms with Gasteiger partial charge in [0.05, 0.1) is 23.9 Å². The lowest BCUT2D eigenvalue weighted by Gasteiger charge is -2.68. The van der Waals surface area contributed by atoms with Gasteiger partial charge < -0.3 is 29.9 Å². The van der Waals surface area contributed by atoms with Gasteiger partial charge in [0.25, 0.3) is 0 Å². The van der Waals surface area contributed by atoms with E-state index in [-0.39, 0.29) is 33.7 Å². The quantitative estimate of drug-likeness (QED) is 0.409. The molecule has 4 N–H and O–H groups in total. The average molecular weight is 521 g/mol. The van der Waals surface area contributed by atoms with Crippen molar-refractivity contribution in [3.05, 3.63) is 11.6 Å². The Bertz CT molecular complexity index is 923. The number of rotatable bonds is 4. The molecule has 0 amide bonds. The predicted octanol–water partition coefficient (Wildman–Crippen LogP) is 4.43. The number of aliphatic hydroxyl groups is 4. The van der Waals surface area contributed by atoms with Crippen molar-refractivity contribution in [1.29, 1.82) is 0 Å². The minimum absolute atomic E-state index is 0.0709. The van der Waals surface area contributed by atoms with Crippen molar-refractivity contribution in [2.75, 3.05) is 7.11 Å². The lowest BCUT2D eigenvalue weighted by atomic mass is 9.37. The molecule has 3 saturated carbocycles. The first kappa shape index (κ1) is 28.0. The molecule has 1 heterocycles. The lowest BCUT2D eigenvalue weighted by molar-refractivity contribution is -0.214. The number of ether oxygens (including phenoxy) is 2. The van der Waals surface area contributed by atoms with Crippen LogP contribution in [0.2, 0.25) is 0 Å². The molecular weight excluding hydrogens is 468 g/mol. The molecule has 1 aliphatic heterocycles. The van der Waals surface area contributed by atoms with E-state index in [1.165, 1.54) is 5.57 Å². The van der Waals surface area contributed by atoms with Crippen LogP contribution in [0.1, 0.15) is 93.4 Å². The molecule has 37 heavy (non-hydrogen) atoms. The fraction of sp³-hybridized carbons (Fsp3) is 0.935. The molecule has 12 atom stereocenters. The van der Waals surface area contributed by atoms with E-state index in [2.05, 4.69) is 40.7 Å². The molecule has 0 bridgehead atoms. The number of methoxy groups -OCH3 is 1. The Balaban J connectivity index is 1.45. The van der Waals surface area contributed by atoms with E-state index in [1.807, 2.05) is 0 Å². The Kier molecular flexibility index (Phi) is 6.63. The Labute approximate surface area is 223 Å². The Morgan fingerprint density at radius 2 is 1.68 bits per heavy atom. The van der Waals surface area contributed by atoms with Crippen LogP contribution < -0.4 is 0 Å². The molecule has 212 valence electrons. The van der Waals surface area contributed by atoms with E-state index in [9.17, 15) is 20.4 Å². The van der Waals surface area contributed by atoms with Gasteiger partial charge in [-0.25, -0.2) is 0 Å². The summed E-state index contributed by atoms with van der Waals surface area (Å²) in [6, 6.07) is 0. The van der Waals surface area contributed by atoms with Crippen molar-refractivity contribution in [1.82, 2.24) is 0 Å². The zero-order chi connectivity index (χ0) is 27.3. The van der Waals surface area contributed by atoms with Gasteiger partial charge in [-0.2, -0.15) is 0 Å². The molecule has 0 spiro atoms. The number of fused-ring (bicyclic) bond motifs is 5. The van der Waals surface area contributed by atoms with Gasteiger partial charge in [-0.05, 0) is 92.8 Å². The van der Waals surface area contributed by atoms with Crippen LogP contribution >= 0.6 is 0 Å². The van der Waals surface area contributed by atoms with Crippen LogP contribution in [0.15, 0.2) is 11.6 Å². The summed E-state index contributed by atoms with van der Waals surface area (Å²) in [5.74, 6) is 1.08. The maximum absolute atomic E-state index is 11.9. The van der Waals surface area contributed by atoms with E-state index in [4.69, 9.17) is 9.47 Å². The summed E-state index contributed by atoms with van der Waals surface area (Å²) < 4.78 is 12.0. The smallest absolute Gasteiger partial charge is 0.160 e. The minimum Gasteiger partial charge on any atom is -0.393 e. The molecule has 4 aliphatic carbocycles. The van der Waals surface area contributed by atoms with Crippen molar-refractivity contribution >= 4 is 0 Å². The van der Waals surface area contributed by atoms with Crippen molar-refractivity contribution < 1.29 is 29.9 Å². The number of hydrogen-bond donors (Lipinski definition) is 4. The largest absolute Gasteiger partial charge is 0.393 e. The van der Waals surface area contributed by atoms with Gasteiger partial charge in [0.15, 0.2) is 6.29 Å². The van der Waals surface area contributed by atoms with Crippen LogP contribution in [0, 0.1) is 45.3 Å². The van der Waals surface area contributed by atoms with E-state index in [1.54, 1.807) is 21.0 Å². The summed E-state index contributed by atoms with van der Waals surface area (Å²) in [6.07, 6.45) is 6.10. The molecule has 0 aromatic heterocycles. The highest BCUT2D eigenvalue weighted by molar-refractivity contribution is 5.36. The van der Waals surface area contributed by atoms with Crippen LogP contribution in [0.4, 0.5) is 0 Å². The molecule has 0 aromatic carbocycles. The molecule has 4 fully saturated rings. The standard InChI is InChI=1S/C31H52O6/c1-27(2)22-16-24(33)31(7)20-10-9-18(17-15-19(37-26(17)36-8)25(34)28(3,4)35)29(20,5)13-11-21(31)30(22,6)14-12-23(27)32/h10,17-19,21-26,32-35H,9,11-16H2,1-8H3/t17-,18-,19+,21+,22-,23-,24-,25+,26+,29+,30+,31-/m0/s1. The maximum Gasteiger partial charge on any atom is 0.160 e. The Morgan fingerprint density at radius 3 is 2.30 bits per heavy atom. The molecule has 5 rings (SSSR count). The Hall–Kier alpha value is -0.500. The molecule has 0 unspecified atom stereocenters. The van der Waals surface area contributed by atoms with Crippen LogP contribution in [0.25, 0.3) is 0 Å². The Morgan fingerprint density at radius 1 is 1.00 bits per heavy atom. The second-order valence-corrected chi connectivity index (χ2v) is 15.2. The van der Waals surface area contributed by atoms with Gasteiger partial charge in [0.1, 0.15) is 6.10 Å². The zero-order valence-electron chi connectivity index (χ0n) is 24.3. The highest BCUT2D eigenvalue weighted by Gasteiger charge is 2.68. The van der Waals surface area contributed by atoms with Gasteiger partial charge in [0.2, 0.25) is 0 Å². The fourth-order valence-electron chi connectivity index (χ4n) is 10.6. The van der Waals surface area contributed by atoms with Crippen molar-refractivity contribution in [3.8, 4) is 0 Å². The van der Waals surface area contributed by atoms with E-state index >= 15 is 0 Å². The predicted molar refractivity (Wildman–Crippen MR) is 142 cm³/mol. The SMILES string of the molecule is CO[C@@H]1O[C@@H]([C@@H](O)C(C)(C)O)C[C@H]1[C@@H]1CC=C2[C@@]3(C)[C@H](CC[C@@]21C)[C@@]1(C)CC[C@H](O)C(C)(C)[C@@H]1C[C@@H]3O. The molecule has 6 heteroatoms. The summed E-state index contributed by atoms with van der Waals surface area (Å²) in [5, 5.41) is 44.0. The topological polar surface area (TPSA) is 99.4 Å². The van der Waals surface area contributed by atoms with Gasteiger partial charge in [-0.15, -0.1) is 0 Å². The highest BCUT2D eigenvalue weighted by Crippen LogP contribution is 2.73. The number of aliphatic hydroxyl groups excluding tert-OH is 3. The zero-order valence-corrected chi connectivity index (χ0v) is 24.3. The van der Waals surface area contributed by atoms with E-state index in [0.717, 1.165) is 38.5 Å². The molecule has 6 nitrogen and oxygen atoms in total. The van der Waals surface area contributed by atoms with Crippen LogP contribution in [0.5, 0.6) is 0 Å². The lowest BCUT2D eigenvalue weighted by Crippen LogP contribution is -2.65. The summed E-state index contributed by atoms with van der Waals surface area (Å²) in [6.45, 7) is 14.8. The van der Waals surface area contributed by atoms with Gasteiger partial charge in [-0.1, -0.05) is 46.3 Å². The van der Waals surface area contributed by atoms with Gasteiger partial charge in [-0.3, -0.25) is 0 Å². The first-order valence-corrected chi connectivity index (χ1v) is 14.7. The summed E-state index contributed by atoms with van der Waals surface area (Å²) in [5.41, 5.74) is -0.307. The first-order valence-electron chi connectivity index (χ1n) is 14.7. The average Bonchev–Trinajstić information content (AvgIpc) is 3.38. The minimum atomic E-state index is -1.24. The van der Waals surface area contributed by atoms with Gasteiger partial charge >= 0.3 is 0 Å². The van der Waals surface area contributed by atoms with Gasteiger partial charge in [0, 0.05) is 18.4 Å². The second kappa shape index (κ2) is 8.75.